The number of hydrogen-bond donors (Lipinski definition) is 0. The lowest BCUT2D eigenvalue weighted by Gasteiger charge is -2.32. The summed E-state index contributed by atoms with van der Waals surface area (Å²) in [5.41, 5.74) is 2.35. The predicted molar refractivity (Wildman–Crippen MR) is 86.5 cm³/mol. The predicted octanol–water partition coefficient (Wildman–Crippen LogP) is 3.46. The number of aromatic nitrogens is 2. The van der Waals surface area contributed by atoms with E-state index in [1.165, 1.54) is 36.9 Å². The van der Waals surface area contributed by atoms with Crippen LogP contribution >= 0.6 is 0 Å². The van der Waals surface area contributed by atoms with E-state index in [4.69, 9.17) is 0 Å². The minimum Gasteiger partial charge on any atom is -0.343 e. The molecule has 1 aliphatic carbocycles. The smallest absolute Gasteiger partial charge is 0.222 e. The van der Waals surface area contributed by atoms with Crippen molar-refractivity contribution in [2.45, 2.75) is 64.2 Å². The number of rotatable bonds is 4. The van der Waals surface area contributed by atoms with Crippen LogP contribution < -0.4 is 0 Å². The molecule has 1 aliphatic heterocycles. The van der Waals surface area contributed by atoms with Gasteiger partial charge in [-0.15, -0.1) is 0 Å². The van der Waals surface area contributed by atoms with Crippen LogP contribution in [0.5, 0.6) is 0 Å². The zero-order chi connectivity index (χ0) is 15.4. The fourth-order valence-corrected chi connectivity index (χ4v) is 4.02. The van der Waals surface area contributed by atoms with E-state index in [9.17, 15) is 4.79 Å². The fourth-order valence-electron chi connectivity index (χ4n) is 4.02. The summed E-state index contributed by atoms with van der Waals surface area (Å²) in [7, 11) is 0. The molecule has 0 bridgehead atoms. The largest absolute Gasteiger partial charge is 0.343 e. The number of amides is 1. The Morgan fingerprint density at radius 3 is 2.64 bits per heavy atom. The minimum absolute atomic E-state index is 0.366. The topological polar surface area (TPSA) is 46.1 Å². The van der Waals surface area contributed by atoms with E-state index >= 15 is 0 Å². The van der Waals surface area contributed by atoms with Gasteiger partial charge in [0.25, 0.3) is 0 Å². The number of nitrogens with zero attached hydrogens (tertiary/aromatic N) is 3. The molecule has 0 aromatic carbocycles. The molecule has 0 N–H and O–H groups in total. The Labute approximate surface area is 133 Å². The van der Waals surface area contributed by atoms with E-state index in [-0.39, 0.29) is 0 Å². The molecule has 1 aromatic rings. The maximum absolute atomic E-state index is 12.4. The number of piperidine rings is 1. The third-order valence-electron chi connectivity index (χ3n) is 5.41. The van der Waals surface area contributed by atoms with Crippen molar-refractivity contribution in [2.24, 2.45) is 5.92 Å². The van der Waals surface area contributed by atoms with E-state index < -0.39 is 0 Å². The lowest BCUT2D eigenvalue weighted by molar-refractivity contribution is -0.132. The lowest BCUT2D eigenvalue weighted by Crippen LogP contribution is -2.38. The molecule has 4 heteroatoms. The second-order valence-electron chi connectivity index (χ2n) is 6.94. The van der Waals surface area contributed by atoms with Crippen LogP contribution in [0.15, 0.2) is 12.5 Å². The van der Waals surface area contributed by atoms with Gasteiger partial charge in [0, 0.05) is 37.3 Å². The average Bonchev–Trinajstić information content (AvgIpc) is 3.07. The quantitative estimate of drug-likeness (QED) is 0.855. The molecule has 4 nitrogen and oxygen atoms in total. The second kappa shape index (κ2) is 7.21. The molecule has 0 spiro atoms. The van der Waals surface area contributed by atoms with Gasteiger partial charge in [0.05, 0.1) is 0 Å². The highest BCUT2D eigenvalue weighted by atomic mass is 16.2. The van der Waals surface area contributed by atoms with Crippen molar-refractivity contribution in [3.8, 4) is 0 Å². The van der Waals surface area contributed by atoms with Gasteiger partial charge < -0.3 is 4.90 Å². The van der Waals surface area contributed by atoms with Crippen molar-refractivity contribution in [3.05, 3.63) is 23.8 Å². The van der Waals surface area contributed by atoms with Gasteiger partial charge in [-0.25, -0.2) is 9.97 Å². The number of hydrogen-bond acceptors (Lipinski definition) is 3. The average molecular weight is 301 g/mol. The summed E-state index contributed by atoms with van der Waals surface area (Å²) in [5.74, 6) is 1.66. The molecule has 1 saturated heterocycles. The molecule has 3 rings (SSSR count). The van der Waals surface area contributed by atoms with Crippen LogP contribution in [0.4, 0.5) is 0 Å². The van der Waals surface area contributed by atoms with E-state index in [0.29, 0.717) is 11.8 Å². The van der Waals surface area contributed by atoms with Gasteiger partial charge in [-0.3, -0.25) is 4.79 Å². The van der Waals surface area contributed by atoms with Crippen LogP contribution in [0.1, 0.15) is 68.5 Å². The zero-order valence-electron chi connectivity index (χ0n) is 13.6. The molecule has 0 unspecified atom stereocenters. The van der Waals surface area contributed by atoms with Gasteiger partial charge in [0.15, 0.2) is 0 Å². The Morgan fingerprint density at radius 2 is 1.95 bits per heavy atom. The lowest BCUT2D eigenvalue weighted by atomic mass is 9.91. The summed E-state index contributed by atoms with van der Waals surface area (Å²) in [4.78, 5) is 23.0. The summed E-state index contributed by atoms with van der Waals surface area (Å²) >= 11 is 0. The van der Waals surface area contributed by atoms with E-state index in [1.807, 2.05) is 6.20 Å². The third kappa shape index (κ3) is 3.65. The standard InChI is InChI=1S/C18H27N3O/c1-14-12-19-13-20-18(14)16-8-10-21(11-9-16)17(22)7-6-15-4-2-3-5-15/h12-13,15-16H,2-11H2,1H3. The van der Waals surface area contributed by atoms with Gasteiger partial charge in [0.2, 0.25) is 5.91 Å². The second-order valence-corrected chi connectivity index (χ2v) is 6.94. The Morgan fingerprint density at radius 1 is 1.23 bits per heavy atom. The molecule has 0 atom stereocenters. The highest BCUT2D eigenvalue weighted by Crippen LogP contribution is 2.31. The normalized spacial score (nSPS) is 20.5. The molecular formula is C18H27N3O. The van der Waals surface area contributed by atoms with Gasteiger partial charge in [-0.1, -0.05) is 25.7 Å². The SMILES string of the molecule is Cc1cncnc1C1CCN(C(=O)CCC2CCCC2)CC1. The number of aryl methyl sites for hydroxylation is 1. The number of carbonyl (C=O) groups excluding carboxylic acids is 1. The van der Waals surface area contributed by atoms with Crippen molar-refractivity contribution in [1.82, 2.24) is 14.9 Å². The van der Waals surface area contributed by atoms with Crippen LogP contribution in [-0.2, 0) is 4.79 Å². The van der Waals surface area contributed by atoms with Crippen molar-refractivity contribution >= 4 is 5.91 Å². The molecule has 1 saturated carbocycles. The van der Waals surface area contributed by atoms with Crippen LogP contribution in [0.25, 0.3) is 0 Å². The Kier molecular flexibility index (Phi) is 5.06. The van der Waals surface area contributed by atoms with Crippen LogP contribution in [0.2, 0.25) is 0 Å². The highest BCUT2D eigenvalue weighted by Gasteiger charge is 2.26. The molecule has 0 radical (unpaired) electrons. The molecule has 2 fully saturated rings. The summed E-state index contributed by atoms with van der Waals surface area (Å²) in [5, 5.41) is 0. The summed E-state index contributed by atoms with van der Waals surface area (Å²) in [6, 6.07) is 0. The maximum atomic E-state index is 12.4. The van der Waals surface area contributed by atoms with Gasteiger partial charge in [-0.2, -0.15) is 0 Å². The van der Waals surface area contributed by atoms with Crippen molar-refractivity contribution in [2.75, 3.05) is 13.1 Å². The van der Waals surface area contributed by atoms with Crippen molar-refractivity contribution in [3.63, 3.8) is 0 Å². The fraction of sp³-hybridized carbons (Fsp3) is 0.722. The maximum Gasteiger partial charge on any atom is 0.222 e. The molecule has 22 heavy (non-hydrogen) atoms. The molecule has 120 valence electrons. The number of likely N-dealkylation sites (tertiary alicyclic amines) is 1. The Bertz CT molecular complexity index is 503. The van der Waals surface area contributed by atoms with E-state index in [1.54, 1.807) is 6.33 Å². The third-order valence-corrected chi connectivity index (χ3v) is 5.41. The Balaban J connectivity index is 1.46. The van der Waals surface area contributed by atoms with Crippen LogP contribution in [0, 0.1) is 12.8 Å². The molecule has 1 amide bonds. The minimum atomic E-state index is 0.366. The van der Waals surface area contributed by atoms with E-state index in [0.717, 1.165) is 44.7 Å². The highest BCUT2D eigenvalue weighted by molar-refractivity contribution is 5.76. The summed E-state index contributed by atoms with van der Waals surface area (Å²) in [6.07, 6.45) is 12.9. The first-order valence-electron chi connectivity index (χ1n) is 8.78. The number of carbonyl (C=O) groups is 1. The first-order chi connectivity index (χ1) is 10.7. The van der Waals surface area contributed by atoms with Crippen LogP contribution in [0.3, 0.4) is 0 Å². The van der Waals surface area contributed by atoms with Gasteiger partial charge in [-0.05, 0) is 37.7 Å². The van der Waals surface area contributed by atoms with Crippen LogP contribution in [-0.4, -0.2) is 33.9 Å². The monoisotopic (exact) mass is 301 g/mol. The molecule has 1 aromatic heterocycles. The first kappa shape index (κ1) is 15.4. The van der Waals surface area contributed by atoms with Gasteiger partial charge in [0.1, 0.15) is 6.33 Å². The van der Waals surface area contributed by atoms with Gasteiger partial charge >= 0.3 is 0 Å². The molecular weight excluding hydrogens is 274 g/mol. The Hall–Kier alpha value is -1.45. The summed E-state index contributed by atoms with van der Waals surface area (Å²) in [6.45, 7) is 3.85. The van der Waals surface area contributed by atoms with E-state index in [2.05, 4.69) is 21.8 Å². The molecule has 2 aliphatic rings. The van der Waals surface area contributed by atoms with Crippen molar-refractivity contribution in [1.29, 1.82) is 0 Å². The summed E-state index contributed by atoms with van der Waals surface area (Å²) < 4.78 is 0. The molecule has 2 heterocycles. The van der Waals surface area contributed by atoms with Crippen molar-refractivity contribution < 1.29 is 4.79 Å². The first-order valence-corrected chi connectivity index (χ1v) is 8.78. The zero-order valence-corrected chi connectivity index (χ0v) is 13.6.